The highest BCUT2D eigenvalue weighted by Crippen LogP contribution is 2.21. The molecular weight excluding hydrogens is 328 g/mol. The lowest BCUT2D eigenvalue weighted by molar-refractivity contribution is -0.135. The van der Waals surface area contributed by atoms with E-state index in [9.17, 15) is 9.59 Å². The van der Waals surface area contributed by atoms with Crippen molar-refractivity contribution in [1.29, 1.82) is 0 Å². The SMILES string of the molecule is O=C(NCc1ncc2ccccn12)C1CCC(=O)N1Cc1ccccc1. The molecule has 2 aromatic heterocycles. The van der Waals surface area contributed by atoms with Gasteiger partial charge in [0.15, 0.2) is 0 Å². The molecule has 1 unspecified atom stereocenters. The Morgan fingerprint density at radius 3 is 2.81 bits per heavy atom. The predicted octanol–water partition coefficient (Wildman–Crippen LogP) is 2.14. The lowest BCUT2D eigenvalue weighted by atomic mass is 10.1. The van der Waals surface area contributed by atoms with Crippen LogP contribution in [0.4, 0.5) is 0 Å². The van der Waals surface area contributed by atoms with Crippen LogP contribution in [0.3, 0.4) is 0 Å². The zero-order valence-electron chi connectivity index (χ0n) is 14.3. The number of imidazole rings is 1. The number of carbonyl (C=O) groups excluding carboxylic acids is 2. The smallest absolute Gasteiger partial charge is 0.243 e. The molecule has 2 amide bonds. The average Bonchev–Trinajstić information content (AvgIpc) is 3.25. The molecule has 0 radical (unpaired) electrons. The van der Waals surface area contributed by atoms with Crippen molar-refractivity contribution in [2.24, 2.45) is 0 Å². The number of aromatic nitrogens is 2. The summed E-state index contributed by atoms with van der Waals surface area (Å²) in [7, 11) is 0. The van der Waals surface area contributed by atoms with E-state index in [0.717, 1.165) is 16.9 Å². The molecule has 6 nitrogen and oxygen atoms in total. The number of benzene rings is 1. The van der Waals surface area contributed by atoms with Gasteiger partial charge in [-0.3, -0.25) is 9.59 Å². The van der Waals surface area contributed by atoms with Gasteiger partial charge in [-0.15, -0.1) is 0 Å². The summed E-state index contributed by atoms with van der Waals surface area (Å²) in [6.45, 7) is 0.797. The van der Waals surface area contributed by atoms with Crippen molar-refractivity contribution in [2.45, 2.75) is 32.0 Å². The van der Waals surface area contributed by atoms with Gasteiger partial charge < -0.3 is 14.6 Å². The number of rotatable bonds is 5. The maximum atomic E-state index is 12.7. The van der Waals surface area contributed by atoms with Crippen LogP contribution in [-0.4, -0.2) is 32.1 Å². The molecular formula is C20H20N4O2. The minimum Gasteiger partial charge on any atom is -0.347 e. The van der Waals surface area contributed by atoms with E-state index in [4.69, 9.17) is 0 Å². The highest BCUT2D eigenvalue weighted by molar-refractivity contribution is 5.90. The van der Waals surface area contributed by atoms with E-state index in [1.807, 2.05) is 59.1 Å². The fraction of sp³-hybridized carbons (Fsp3) is 0.250. The molecule has 4 rings (SSSR count). The van der Waals surface area contributed by atoms with Crippen LogP contribution in [0.15, 0.2) is 60.9 Å². The Morgan fingerprint density at radius 1 is 1.15 bits per heavy atom. The normalized spacial score (nSPS) is 17.0. The summed E-state index contributed by atoms with van der Waals surface area (Å²) in [5, 5.41) is 2.94. The van der Waals surface area contributed by atoms with Crippen LogP contribution < -0.4 is 5.32 Å². The summed E-state index contributed by atoms with van der Waals surface area (Å²) in [5.41, 5.74) is 2.01. The highest BCUT2D eigenvalue weighted by atomic mass is 16.2. The Labute approximate surface area is 151 Å². The fourth-order valence-corrected chi connectivity index (χ4v) is 3.40. The molecule has 0 saturated carbocycles. The monoisotopic (exact) mass is 348 g/mol. The summed E-state index contributed by atoms with van der Waals surface area (Å²) in [6.07, 6.45) is 4.67. The molecule has 3 heterocycles. The van der Waals surface area contributed by atoms with Crippen molar-refractivity contribution in [3.63, 3.8) is 0 Å². The lowest BCUT2D eigenvalue weighted by Crippen LogP contribution is -2.44. The first-order valence-electron chi connectivity index (χ1n) is 8.74. The van der Waals surface area contributed by atoms with Crippen LogP contribution in [0.5, 0.6) is 0 Å². The van der Waals surface area contributed by atoms with E-state index >= 15 is 0 Å². The number of hydrogen-bond donors (Lipinski definition) is 1. The fourth-order valence-electron chi connectivity index (χ4n) is 3.40. The molecule has 132 valence electrons. The summed E-state index contributed by atoms with van der Waals surface area (Å²) in [4.78, 5) is 30.9. The number of nitrogens with zero attached hydrogens (tertiary/aromatic N) is 3. The second kappa shape index (κ2) is 7.00. The summed E-state index contributed by atoms with van der Waals surface area (Å²) in [6, 6.07) is 15.2. The van der Waals surface area contributed by atoms with Crippen molar-refractivity contribution < 1.29 is 9.59 Å². The third-order valence-corrected chi connectivity index (χ3v) is 4.76. The first-order valence-corrected chi connectivity index (χ1v) is 8.74. The predicted molar refractivity (Wildman–Crippen MR) is 97.1 cm³/mol. The van der Waals surface area contributed by atoms with Crippen molar-refractivity contribution in [2.75, 3.05) is 0 Å². The molecule has 1 aliphatic heterocycles. The Hall–Kier alpha value is -3.15. The lowest BCUT2D eigenvalue weighted by Gasteiger charge is -2.24. The number of likely N-dealkylation sites (tertiary alicyclic amines) is 1. The van der Waals surface area contributed by atoms with Gasteiger partial charge in [0.2, 0.25) is 11.8 Å². The second-order valence-corrected chi connectivity index (χ2v) is 6.45. The van der Waals surface area contributed by atoms with E-state index in [0.29, 0.717) is 25.9 Å². The van der Waals surface area contributed by atoms with E-state index in [1.165, 1.54) is 0 Å². The molecule has 1 N–H and O–H groups in total. The van der Waals surface area contributed by atoms with Gasteiger partial charge in [-0.1, -0.05) is 36.4 Å². The maximum Gasteiger partial charge on any atom is 0.243 e. The Morgan fingerprint density at radius 2 is 1.96 bits per heavy atom. The van der Waals surface area contributed by atoms with Crippen LogP contribution in [-0.2, 0) is 22.7 Å². The van der Waals surface area contributed by atoms with Crippen LogP contribution in [0.2, 0.25) is 0 Å². The van der Waals surface area contributed by atoms with Gasteiger partial charge >= 0.3 is 0 Å². The van der Waals surface area contributed by atoms with Crippen LogP contribution in [0.1, 0.15) is 24.2 Å². The van der Waals surface area contributed by atoms with Gasteiger partial charge in [-0.25, -0.2) is 4.98 Å². The second-order valence-electron chi connectivity index (χ2n) is 6.45. The van der Waals surface area contributed by atoms with Crippen molar-refractivity contribution >= 4 is 17.3 Å². The molecule has 1 atom stereocenters. The molecule has 1 aromatic carbocycles. The number of hydrogen-bond acceptors (Lipinski definition) is 3. The molecule has 1 fully saturated rings. The van der Waals surface area contributed by atoms with Crippen molar-refractivity contribution in [1.82, 2.24) is 19.6 Å². The largest absolute Gasteiger partial charge is 0.347 e. The maximum absolute atomic E-state index is 12.7. The van der Waals surface area contributed by atoms with Gasteiger partial charge in [-0.05, 0) is 24.1 Å². The first-order chi connectivity index (χ1) is 12.7. The Bertz CT molecular complexity index is 935. The summed E-state index contributed by atoms with van der Waals surface area (Å²) in [5.74, 6) is 0.674. The highest BCUT2D eigenvalue weighted by Gasteiger charge is 2.35. The first kappa shape index (κ1) is 16.3. The zero-order valence-corrected chi connectivity index (χ0v) is 14.3. The Balaban J connectivity index is 1.44. The van der Waals surface area contributed by atoms with Gasteiger partial charge in [0.05, 0.1) is 18.3 Å². The molecule has 26 heavy (non-hydrogen) atoms. The van der Waals surface area contributed by atoms with Crippen molar-refractivity contribution in [3.05, 3.63) is 72.3 Å². The number of amides is 2. The zero-order chi connectivity index (χ0) is 17.9. The minimum atomic E-state index is -0.422. The number of fused-ring (bicyclic) bond motifs is 1. The van der Waals surface area contributed by atoms with E-state index in [-0.39, 0.29) is 11.8 Å². The topological polar surface area (TPSA) is 66.7 Å². The third kappa shape index (κ3) is 3.18. The van der Waals surface area contributed by atoms with Crippen molar-refractivity contribution in [3.8, 4) is 0 Å². The minimum absolute atomic E-state index is 0.0280. The Kier molecular flexibility index (Phi) is 4.39. The molecule has 0 aliphatic carbocycles. The van der Waals surface area contributed by atoms with E-state index in [2.05, 4.69) is 10.3 Å². The molecule has 6 heteroatoms. The van der Waals surface area contributed by atoms with Crippen LogP contribution >= 0.6 is 0 Å². The standard InChI is InChI=1S/C20H20N4O2/c25-19-10-9-17(24(19)14-15-6-2-1-3-7-15)20(26)22-13-18-21-12-16-8-4-5-11-23(16)18/h1-8,11-12,17H,9-10,13-14H2,(H,22,26). The molecule has 1 aliphatic rings. The van der Waals surface area contributed by atoms with Gasteiger partial charge in [-0.2, -0.15) is 0 Å². The average molecular weight is 348 g/mol. The third-order valence-electron chi connectivity index (χ3n) is 4.76. The number of carbonyl (C=O) groups is 2. The quantitative estimate of drug-likeness (QED) is 0.768. The summed E-state index contributed by atoms with van der Waals surface area (Å²) < 4.78 is 1.95. The van der Waals surface area contributed by atoms with Gasteiger partial charge in [0.25, 0.3) is 0 Å². The molecule has 0 bridgehead atoms. The van der Waals surface area contributed by atoms with Crippen LogP contribution in [0.25, 0.3) is 5.52 Å². The summed E-state index contributed by atoms with van der Waals surface area (Å²) >= 11 is 0. The molecule has 3 aromatic rings. The number of pyridine rings is 1. The van der Waals surface area contributed by atoms with E-state index < -0.39 is 6.04 Å². The molecule has 1 saturated heterocycles. The number of nitrogens with one attached hydrogen (secondary N) is 1. The van der Waals surface area contributed by atoms with Crippen LogP contribution in [0, 0.1) is 0 Å². The molecule has 0 spiro atoms. The van der Waals surface area contributed by atoms with Gasteiger partial charge in [0, 0.05) is 19.2 Å². The van der Waals surface area contributed by atoms with Gasteiger partial charge in [0.1, 0.15) is 11.9 Å². The van der Waals surface area contributed by atoms with E-state index in [1.54, 1.807) is 11.1 Å².